The Hall–Kier alpha value is -0.260. The first-order valence-electron chi connectivity index (χ1n) is 6.14. The van der Waals surface area contributed by atoms with Crippen LogP contribution in [0.3, 0.4) is 0 Å². The molecule has 0 saturated heterocycles. The maximum Gasteiger partial charge on any atom is -0.0166 e. The normalized spacial score (nSPS) is 56.6. The van der Waals surface area contributed by atoms with Gasteiger partial charge in [0.15, 0.2) is 0 Å². The van der Waals surface area contributed by atoms with Crippen LogP contribution in [0.15, 0.2) is 11.6 Å². The first kappa shape index (κ1) is 7.09. The monoisotopic (exact) mass is 174 g/mol. The van der Waals surface area contributed by atoms with Crippen LogP contribution in [0, 0.1) is 29.6 Å². The molecule has 0 heterocycles. The molecule has 4 aliphatic rings. The van der Waals surface area contributed by atoms with E-state index in [0.717, 1.165) is 29.6 Å². The molecule has 0 spiro atoms. The lowest BCUT2D eigenvalue weighted by molar-refractivity contribution is 0.225. The SMILES string of the molecule is C1=C2CCCC2C2C3CCC(C3)C12. The Morgan fingerprint density at radius 1 is 1.08 bits per heavy atom. The van der Waals surface area contributed by atoms with Crippen LogP contribution in [-0.2, 0) is 0 Å². The summed E-state index contributed by atoms with van der Waals surface area (Å²) in [6, 6.07) is 0. The zero-order valence-corrected chi connectivity index (χ0v) is 8.21. The van der Waals surface area contributed by atoms with E-state index in [2.05, 4.69) is 6.08 Å². The van der Waals surface area contributed by atoms with E-state index < -0.39 is 0 Å². The molecule has 0 radical (unpaired) electrons. The fourth-order valence-electron chi connectivity index (χ4n) is 5.02. The zero-order valence-electron chi connectivity index (χ0n) is 8.21. The fourth-order valence-corrected chi connectivity index (χ4v) is 5.02. The minimum Gasteiger partial charge on any atom is -0.0813 e. The Kier molecular flexibility index (Phi) is 1.21. The molecule has 3 fully saturated rings. The molecule has 0 amide bonds. The van der Waals surface area contributed by atoms with Gasteiger partial charge in [-0.15, -0.1) is 0 Å². The van der Waals surface area contributed by atoms with Gasteiger partial charge in [0.25, 0.3) is 0 Å². The summed E-state index contributed by atoms with van der Waals surface area (Å²) in [5.41, 5.74) is 1.88. The summed E-state index contributed by atoms with van der Waals surface area (Å²) >= 11 is 0. The highest BCUT2D eigenvalue weighted by atomic mass is 14.6. The molecule has 0 N–H and O–H groups in total. The van der Waals surface area contributed by atoms with Gasteiger partial charge in [-0.3, -0.25) is 0 Å². The number of fused-ring (bicyclic) bond motifs is 7. The molecule has 4 aliphatic carbocycles. The van der Waals surface area contributed by atoms with Gasteiger partial charge in [0.05, 0.1) is 0 Å². The quantitative estimate of drug-likeness (QED) is 0.494. The van der Waals surface area contributed by atoms with Crippen molar-refractivity contribution in [1.82, 2.24) is 0 Å². The predicted molar refractivity (Wildman–Crippen MR) is 53.2 cm³/mol. The molecule has 3 saturated carbocycles. The van der Waals surface area contributed by atoms with Gasteiger partial charge in [-0.25, -0.2) is 0 Å². The molecule has 5 atom stereocenters. The molecule has 4 rings (SSSR count). The minimum atomic E-state index is 1.05. The van der Waals surface area contributed by atoms with Crippen molar-refractivity contribution < 1.29 is 0 Å². The molecular weight excluding hydrogens is 156 g/mol. The molecule has 70 valence electrons. The van der Waals surface area contributed by atoms with Crippen LogP contribution in [0.5, 0.6) is 0 Å². The van der Waals surface area contributed by atoms with Crippen molar-refractivity contribution >= 4 is 0 Å². The number of hydrogen-bond acceptors (Lipinski definition) is 0. The Bertz CT molecular complexity index is 276. The molecular formula is C13H18. The topological polar surface area (TPSA) is 0 Å². The summed E-state index contributed by atoms with van der Waals surface area (Å²) in [6.07, 6.45) is 11.9. The van der Waals surface area contributed by atoms with Gasteiger partial charge >= 0.3 is 0 Å². The molecule has 0 nitrogen and oxygen atoms in total. The molecule has 0 aromatic carbocycles. The van der Waals surface area contributed by atoms with Crippen LogP contribution in [0.4, 0.5) is 0 Å². The van der Waals surface area contributed by atoms with E-state index >= 15 is 0 Å². The molecule has 5 unspecified atom stereocenters. The van der Waals surface area contributed by atoms with Crippen molar-refractivity contribution in [3.63, 3.8) is 0 Å². The van der Waals surface area contributed by atoms with E-state index in [1.807, 2.05) is 5.57 Å². The third-order valence-corrected chi connectivity index (χ3v) is 5.37. The van der Waals surface area contributed by atoms with Crippen LogP contribution in [-0.4, -0.2) is 0 Å². The van der Waals surface area contributed by atoms with E-state index in [-0.39, 0.29) is 0 Å². The van der Waals surface area contributed by atoms with E-state index in [9.17, 15) is 0 Å². The average Bonchev–Trinajstić information content (AvgIpc) is 2.79. The van der Waals surface area contributed by atoms with Crippen LogP contribution < -0.4 is 0 Å². The maximum absolute atomic E-state index is 2.71. The van der Waals surface area contributed by atoms with Crippen molar-refractivity contribution in [2.75, 3.05) is 0 Å². The first-order chi connectivity index (χ1) is 6.43. The fraction of sp³-hybridized carbons (Fsp3) is 0.846. The zero-order chi connectivity index (χ0) is 8.41. The number of rotatable bonds is 0. The van der Waals surface area contributed by atoms with Gasteiger partial charge in [0.1, 0.15) is 0 Å². The molecule has 0 aromatic heterocycles. The lowest BCUT2D eigenvalue weighted by Crippen LogP contribution is -2.22. The van der Waals surface area contributed by atoms with Gasteiger partial charge in [0, 0.05) is 0 Å². The van der Waals surface area contributed by atoms with E-state index in [1.165, 1.54) is 19.3 Å². The van der Waals surface area contributed by atoms with Crippen LogP contribution in [0.2, 0.25) is 0 Å². The summed E-state index contributed by atoms with van der Waals surface area (Å²) in [5.74, 6) is 5.52. The van der Waals surface area contributed by atoms with Crippen molar-refractivity contribution in [3.05, 3.63) is 11.6 Å². The summed E-state index contributed by atoms with van der Waals surface area (Å²) in [6.45, 7) is 0. The number of allylic oxidation sites excluding steroid dienone is 2. The third-order valence-electron chi connectivity index (χ3n) is 5.37. The van der Waals surface area contributed by atoms with Crippen LogP contribution >= 0.6 is 0 Å². The lowest BCUT2D eigenvalue weighted by Gasteiger charge is -2.28. The summed E-state index contributed by atoms with van der Waals surface area (Å²) < 4.78 is 0. The second-order valence-electron chi connectivity index (χ2n) is 5.73. The Labute approximate surface area is 80.4 Å². The van der Waals surface area contributed by atoms with Gasteiger partial charge in [0.2, 0.25) is 0 Å². The van der Waals surface area contributed by atoms with Gasteiger partial charge in [-0.05, 0) is 68.1 Å². The summed E-state index contributed by atoms with van der Waals surface area (Å²) in [7, 11) is 0. The van der Waals surface area contributed by atoms with Crippen molar-refractivity contribution in [2.24, 2.45) is 29.6 Å². The Morgan fingerprint density at radius 3 is 3.00 bits per heavy atom. The van der Waals surface area contributed by atoms with Crippen molar-refractivity contribution in [3.8, 4) is 0 Å². The van der Waals surface area contributed by atoms with Crippen LogP contribution in [0.1, 0.15) is 38.5 Å². The Morgan fingerprint density at radius 2 is 2.00 bits per heavy atom. The smallest absolute Gasteiger partial charge is 0.0166 e. The second-order valence-corrected chi connectivity index (χ2v) is 5.73. The van der Waals surface area contributed by atoms with E-state index in [0.29, 0.717) is 0 Å². The molecule has 13 heavy (non-hydrogen) atoms. The summed E-state index contributed by atoms with van der Waals surface area (Å²) in [4.78, 5) is 0. The summed E-state index contributed by atoms with van der Waals surface area (Å²) in [5, 5.41) is 0. The van der Waals surface area contributed by atoms with Crippen LogP contribution in [0.25, 0.3) is 0 Å². The Balaban J connectivity index is 1.76. The van der Waals surface area contributed by atoms with Gasteiger partial charge in [-0.1, -0.05) is 11.6 Å². The van der Waals surface area contributed by atoms with Crippen molar-refractivity contribution in [2.45, 2.75) is 38.5 Å². The first-order valence-corrected chi connectivity index (χ1v) is 6.14. The second kappa shape index (κ2) is 2.21. The molecule has 0 aliphatic heterocycles. The van der Waals surface area contributed by atoms with Gasteiger partial charge in [-0.2, -0.15) is 0 Å². The lowest BCUT2D eigenvalue weighted by atomic mass is 9.76. The minimum absolute atomic E-state index is 1.05. The molecule has 0 heteroatoms. The predicted octanol–water partition coefficient (Wildman–Crippen LogP) is 3.39. The highest BCUT2D eigenvalue weighted by Gasteiger charge is 2.53. The van der Waals surface area contributed by atoms with Crippen molar-refractivity contribution in [1.29, 1.82) is 0 Å². The highest BCUT2D eigenvalue weighted by molar-refractivity contribution is 5.26. The highest BCUT2D eigenvalue weighted by Crippen LogP contribution is 2.62. The largest absolute Gasteiger partial charge is 0.0813 e. The molecule has 0 aromatic rings. The van der Waals surface area contributed by atoms with E-state index in [4.69, 9.17) is 0 Å². The number of hydrogen-bond donors (Lipinski definition) is 0. The standard InChI is InChI=1S/C13H18/c1-2-8-7-12-9-4-5-10(6-9)13(12)11(8)3-1/h7,9-13H,1-6H2. The maximum atomic E-state index is 2.71. The van der Waals surface area contributed by atoms with E-state index in [1.54, 1.807) is 19.3 Å². The van der Waals surface area contributed by atoms with Gasteiger partial charge < -0.3 is 0 Å². The molecule has 2 bridgehead atoms. The third kappa shape index (κ3) is 0.742. The average molecular weight is 174 g/mol.